The van der Waals surface area contributed by atoms with Gasteiger partial charge in [0.2, 0.25) is 57.0 Å². The molecule has 0 radical (unpaired) electrons. The molecule has 0 aromatic carbocycles. The maximum Gasteiger partial charge on any atom is 0.406 e. The second kappa shape index (κ2) is 36.9. The average molecular weight is 1470 g/mol. The maximum atomic E-state index is 14.7. The molecule has 2 heterocycles. The van der Waals surface area contributed by atoms with Gasteiger partial charge in [-0.15, -0.1) is 0 Å². The molecular weight excluding hydrogens is 1350 g/mol. The fraction of sp³-hybridized carbons (Fsp3) is 0.811. The van der Waals surface area contributed by atoms with Crippen molar-refractivity contribution in [1.29, 1.82) is 0 Å². The number of nitrogens with one attached hydrogen (secondary N) is 8. The minimum atomic E-state index is -3.64. The van der Waals surface area contributed by atoms with E-state index in [1.807, 2.05) is 55.4 Å². The maximum absolute atomic E-state index is 14.7. The summed E-state index contributed by atoms with van der Waals surface area (Å²) in [5.74, 6) is -9.94. The third-order valence-corrected chi connectivity index (χ3v) is 22.5. The van der Waals surface area contributed by atoms with Gasteiger partial charge in [-0.05, 0) is 130 Å². The van der Waals surface area contributed by atoms with Gasteiger partial charge in [0, 0.05) is 56.4 Å². The van der Waals surface area contributed by atoms with Crippen LogP contribution in [-0.2, 0) is 81.8 Å². The van der Waals surface area contributed by atoms with E-state index in [1.165, 1.54) is 14.0 Å². The van der Waals surface area contributed by atoms with Crippen molar-refractivity contribution in [2.45, 2.75) is 279 Å². The number of Topliss-reactive ketones (excluding diaryl/α,β-unsaturated/α-hetero) is 4. The molecular formula is C74H120N10O18S. The van der Waals surface area contributed by atoms with Crippen molar-refractivity contribution < 1.29 is 85.0 Å². The van der Waals surface area contributed by atoms with Crippen LogP contribution in [0.15, 0.2) is 0 Å². The average Bonchev–Trinajstić information content (AvgIpc) is 1.62. The largest absolute Gasteiger partial charge is 0.469 e. The minimum absolute atomic E-state index is 0.000420. The first-order valence-corrected chi connectivity index (χ1v) is 39.5. The molecule has 7 rings (SSSR count). The van der Waals surface area contributed by atoms with Crippen molar-refractivity contribution in [3.8, 4) is 0 Å². The monoisotopic (exact) mass is 1470 g/mol. The number of amides is 9. The highest BCUT2D eigenvalue weighted by Gasteiger charge is 2.55. The van der Waals surface area contributed by atoms with Gasteiger partial charge >= 0.3 is 12.1 Å². The standard InChI is InChI=1S/C38H61N5O10.C36H59N5O8S/c1-10-12-26(30(46)34(49)40-23-15-16-23)41-33(48)29-24-14-11-13-21(24)20-43(29)35(50)25(37(2,3)4)18-27(44)31(38(5,6)7)42-32(47)22(17-28(45)52-8)19-39-36(51)53-9;1-7-12-27(30(43)34(46)37-24-17-18-24)38-33(45)29-25-16-11-15-23(25)20-41(29)35(47)31(36(3,4)5)39-32(44)26(22-13-9-8-10-14-22)19-28(42)21(2)40-50(6,48)49/h21-26,29,31H,10-20H2,1-9H3,(H,39,51)(H,40,49)(H,41,48)(H,42,47);21-27,29,31,40H,7-20H2,1-6H3,(H,37,46)(H,38,45)(H,39,44)/t21-,22-,24-,25+,26-,29-,31?;21-,23+,25+,26+,27+,29+,31-/m01/s1. The van der Waals surface area contributed by atoms with Crippen LogP contribution in [0.25, 0.3) is 0 Å². The van der Waals surface area contributed by atoms with E-state index >= 15 is 0 Å². The summed E-state index contributed by atoms with van der Waals surface area (Å²) < 4.78 is 35.3. The Kier molecular flexibility index (Phi) is 30.4. The quantitative estimate of drug-likeness (QED) is 0.0323. The first-order chi connectivity index (χ1) is 48.1. The van der Waals surface area contributed by atoms with E-state index < -0.39 is 163 Å². The lowest BCUT2D eigenvalue weighted by Gasteiger charge is -2.38. The summed E-state index contributed by atoms with van der Waals surface area (Å²) in [6.07, 6.45) is 13.8. The van der Waals surface area contributed by atoms with Gasteiger partial charge in [-0.25, -0.2) is 17.9 Å². The molecule has 7 aliphatic rings. The van der Waals surface area contributed by atoms with Crippen molar-refractivity contribution in [3.05, 3.63) is 0 Å². The Hall–Kier alpha value is -6.91. The number of fused-ring (bicyclic) bond motifs is 2. The fourth-order valence-electron chi connectivity index (χ4n) is 15.6. The smallest absolute Gasteiger partial charge is 0.406 e. The minimum Gasteiger partial charge on any atom is -0.469 e. The van der Waals surface area contributed by atoms with E-state index in [4.69, 9.17) is 4.74 Å². The van der Waals surface area contributed by atoms with E-state index in [1.54, 1.807) is 30.6 Å². The fourth-order valence-corrected chi connectivity index (χ4v) is 16.4. The molecule has 2 saturated heterocycles. The number of hydrogen-bond donors (Lipinski definition) is 8. The van der Waals surface area contributed by atoms with E-state index in [0.29, 0.717) is 25.9 Å². The number of ether oxygens (including phenoxy) is 2. The molecule has 14 atom stereocenters. The van der Waals surface area contributed by atoms with Crippen LogP contribution in [0.3, 0.4) is 0 Å². The predicted octanol–water partition coefficient (Wildman–Crippen LogP) is 4.80. The number of rotatable bonds is 33. The Morgan fingerprint density at radius 1 is 0.515 bits per heavy atom. The van der Waals surface area contributed by atoms with E-state index in [2.05, 4.69) is 46.7 Å². The van der Waals surface area contributed by atoms with E-state index in [9.17, 15) is 75.5 Å². The molecule has 29 heteroatoms. The SMILES string of the molecule is CCC[C@H](NC(=O)[C@@H]1[C@H]2CCC[C@H]2CN1C(=O)[C@@H](CC(=O)C(NC(=O)[C@H](CNC(=O)OC)CC(=O)OC)C(C)(C)C)C(C)(C)C)C(=O)C(=O)NC1CC1.CCC[C@H](NC(=O)[C@@H]1[C@H]2CCC[C@H]2CN1C(=O)[C@@H](NC(=O)[C@@H](CC(=O)[C@@H](C)NS(C)(=O)=O)C1CCCCC1)C(C)(C)C)C(=O)C(=O)NC1CC1. The number of hydrogen-bond acceptors (Lipinski definition) is 18. The highest BCUT2D eigenvalue weighted by Crippen LogP contribution is 2.46. The summed E-state index contributed by atoms with van der Waals surface area (Å²) in [5.41, 5.74) is -2.32. The number of esters is 1. The summed E-state index contributed by atoms with van der Waals surface area (Å²) in [6.45, 7) is 22.0. The Labute approximate surface area is 609 Å². The van der Waals surface area contributed by atoms with Crippen LogP contribution in [0.1, 0.15) is 224 Å². The van der Waals surface area contributed by atoms with Crippen LogP contribution in [-0.4, -0.2) is 195 Å². The van der Waals surface area contributed by atoms with Crippen molar-refractivity contribution in [2.75, 3.05) is 40.1 Å². The number of ketones is 4. The first-order valence-electron chi connectivity index (χ1n) is 37.6. The Bertz CT molecular complexity index is 3220. The second-order valence-corrected chi connectivity index (χ2v) is 35.1. The summed E-state index contributed by atoms with van der Waals surface area (Å²) in [5, 5.41) is 19.3. The second-order valence-electron chi connectivity index (χ2n) is 33.3. The molecule has 5 saturated carbocycles. The Morgan fingerprint density at radius 3 is 1.40 bits per heavy atom. The molecule has 8 N–H and O–H groups in total. The molecule has 1 unspecified atom stereocenters. The third kappa shape index (κ3) is 24.1. The molecule has 7 fully saturated rings. The molecule has 9 amide bonds. The van der Waals surface area contributed by atoms with Gasteiger partial charge in [-0.2, -0.15) is 0 Å². The molecule has 580 valence electrons. The summed E-state index contributed by atoms with van der Waals surface area (Å²) in [6, 6.07) is -6.86. The van der Waals surface area contributed by atoms with Gasteiger partial charge < -0.3 is 56.5 Å². The van der Waals surface area contributed by atoms with E-state index in [0.717, 1.165) is 110 Å². The molecule has 0 aromatic heterocycles. The van der Waals surface area contributed by atoms with Crippen LogP contribution in [0.2, 0.25) is 0 Å². The topological polar surface area (TPSA) is 394 Å². The lowest BCUT2D eigenvalue weighted by atomic mass is 9.73. The third-order valence-electron chi connectivity index (χ3n) is 21.7. The lowest BCUT2D eigenvalue weighted by molar-refractivity contribution is -0.148. The van der Waals surface area contributed by atoms with Crippen molar-refractivity contribution in [1.82, 2.24) is 51.7 Å². The highest BCUT2D eigenvalue weighted by molar-refractivity contribution is 7.88. The number of sulfonamides is 1. The number of carbonyl (C=O) groups excluding carboxylic acids is 14. The van der Waals surface area contributed by atoms with Crippen molar-refractivity contribution in [3.63, 3.8) is 0 Å². The van der Waals surface area contributed by atoms with Gasteiger partial charge in [-0.3, -0.25) is 62.3 Å². The number of carbonyl (C=O) groups is 14. The van der Waals surface area contributed by atoms with Gasteiger partial charge in [-0.1, -0.05) is 121 Å². The van der Waals surface area contributed by atoms with Crippen molar-refractivity contribution in [2.24, 2.45) is 63.6 Å². The Balaban J connectivity index is 0.000000324. The molecule has 0 aromatic rings. The number of alkyl carbamates (subject to hydrolysis) is 1. The van der Waals surface area contributed by atoms with Crippen LogP contribution in [0.5, 0.6) is 0 Å². The van der Waals surface area contributed by atoms with Crippen LogP contribution >= 0.6 is 0 Å². The highest BCUT2D eigenvalue weighted by atomic mass is 32.2. The van der Waals surface area contributed by atoms with Gasteiger partial charge in [0.15, 0.2) is 11.6 Å². The van der Waals surface area contributed by atoms with Gasteiger partial charge in [0.05, 0.1) is 57.0 Å². The lowest BCUT2D eigenvalue weighted by Crippen LogP contribution is -2.60. The number of methoxy groups -OCH3 is 2. The summed E-state index contributed by atoms with van der Waals surface area (Å²) >= 11 is 0. The predicted molar refractivity (Wildman–Crippen MR) is 382 cm³/mol. The zero-order valence-corrected chi connectivity index (χ0v) is 64.5. The zero-order valence-electron chi connectivity index (χ0n) is 63.6. The Morgan fingerprint density at radius 2 is 0.981 bits per heavy atom. The van der Waals surface area contributed by atoms with Crippen LogP contribution in [0, 0.1) is 63.6 Å². The van der Waals surface area contributed by atoms with Crippen LogP contribution < -0.4 is 41.9 Å². The van der Waals surface area contributed by atoms with Crippen LogP contribution in [0.4, 0.5) is 4.79 Å². The number of nitrogens with zero attached hydrogens (tertiary/aromatic N) is 2. The normalized spacial score (nSPS) is 23.5. The molecule has 0 spiro atoms. The summed E-state index contributed by atoms with van der Waals surface area (Å²) in [4.78, 5) is 191. The summed E-state index contributed by atoms with van der Waals surface area (Å²) in [7, 11) is -1.30. The van der Waals surface area contributed by atoms with Gasteiger partial charge in [0.1, 0.15) is 18.1 Å². The van der Waals surface area contributed by atoms with Gasteiger partial charge in [0.25, 0.3) is 11.8 Å². The molecule has 0 bridgehead atoms. The first kappa shape index (κ1) is 85.0. The van der Waals surface area contributed by atoms with Crippen molar-refractivity contribution >= 4 is 92.5 Å². The zero-order chi connectivity index (χ0) is 76.8. The molecule has 5 aliphatic carbocycles. The molecule has 103 heavy (non-hydrogen) atoms. The molecule has 2 aliphatic heterocycles. The number of likely N-dealkylation sites (tertiary alicyclic amines) is 2. The van der Waals surface area contributed by atoms with E-state index in [-0.39, 0.29) is 86.2 Å². The molecule has 28 nitrogen and oxygen atoms in total.